The second-order valence-electron chi connectivity index (χ2n) is 6.09. The molecule has 1 aromatic carbocycles. The van der Waals surface area contributed by atoms with E-state index in [0.29, 0.717) is 12.5 Å². The van der Waals surface area contributed by atoms with E-state index in [9.17, 15) is 4.79 Å². The molecule has 0 spiro atoms. The van der Waals surface area contributed by atoms with Crippen LogP contribution < -0.4 is 0 Å². The fraction of sp³-hybridized carbons (Fsp3) is 0.421. The standard InChI is InChI=1S/C19H24N2O/c1-4-6-11-18(22)21-17-10-8-7-9-14(17)15-12-13-20(3)16(5-2)19(15)21/h4,7-10,16H,1,5-6,11-13H2,2-3H3. The molecule has 0 bridgehead atoms. The van der Waals surface area contributed by atoms with Gasteiger partial charge in [0.15, 0.2) is 0 Å². The summed E-state index contributed by atoms with van der Waals surface area (Å²) in [5.41, 5.74) is 3.65. The maximum Gasteiger partial charge on any atom is 0.231 e. The zero-order chi connectivity index (χ0) is 15.7. The van der Waals surface area contributed by atoms with E-state index in [2.05, 4.69) is 43.6 Å². The van der Waals surface area contributed by atoms with Crippen molar-refractivity contribution in [2.45, 2.75) is 38.6 Å². The Morgan fingerprint density at radius 2 is 2.18 bits per heavy atom. The van der Waals surface area contributed by atoms with Crippen molar-refractivity contribution in [3.63, 3.8) is 0 Å². The molecule has 2 aromatic rings. The number of nitrogens with zero attached hydrogens (tertiary/aromatic N) is 2. The zero-order valence-electron chi connectivity index (χ0n) is 13.5. The molecule has 3 heteroatoms. The number of carbonyl (C=O) groups excluding carboxylic acids is 1. The highest BCUT2D eigenvalue weighted by molar-refractivity contribution is 5.96. The van der Waals surface area contributed by atoms with Gasteiger partial charge < -0.3 is 0 Å². The van der Waals surface area contributed by atoms with Crippen LogP contribution in [0.4, 0.5) is 0 Å². The smallest absolute Gasteiger partial charge is 0.231 e. The third-order valence-corrected chi connectivity index (χ3v) is 4.78. The number of carbonyl (C=O) groups is 1. The van der Waals surface area contributed by atoms with Crippen LogP contribution >= 0.6 is 0 Å². The predicted octanol–water partition coefficient (Wildman–Crippen LogP) is 4.19. The molecule has 2 heterocycles. The Bertz CT molecular complexity index is 714. The monoisotopic (exact) mass is 296 g/mol. The maximum atomic E-state index is 12.8. The molecule has 0 radical (unpaired) electrons. The van der Waals surface area contributed by atoms with E-state index in [0.717, 1.165) is 31.3 Å². The highest BCUT2D eigenvalue weighted by Gasteiger charge is 2.31. The summed E-state index contributed by atoms with van der Waals surface area (Å²) in [5.74, 6) is 0.186. The van der Waals surface area contributed by atoms with Crippen LogP contribution in [0.25, 0.3) is 10.9 Å². The largest absolute Gasteiger partial charge is 0.298 e. The van der Waals surface area contributed by atoms with Crippen LogP contribution in [0.5, 0.6) is 0 Å². The molecule has 0 saturated heterocycles. The van der Waals surface area contributed by atoms with Gasteiger partial charge in [-0.25, -0.2) is 0 Å². The van der Waals surface area contributed by atoms with Gasteiger partial charge in [0.2, 0.25) is 5.91 Å². The average Bonchev–Trinajstić information content (AvgIpc) is 2.87. The molecule has 0 saturated carbocycles. The highest BCUT2D eigenvalue weighted by atomic mass is 16.2. The van der Waals surface area contributed by atoms with Gasteiger partial charge in [-0.3, -0.25) is 14.3 Å². The van der Waals surface area contributed by atoms with Gasteiger partial charge in [0, 0.05) is 24.0 Å². The van der Waals surface area contributed by atoms with Gasteiger partial charge in [-0.05, 0) is 37.9 Å². The van der Waals surface area contributed by atoms with Crippen LogP contribution in [0.15, 0.2) is 36.9 Å². The molecule has 3 nitrogen and oxygen atoms in total. The molecule has 22 heavy (non-hydrogen) atoms. The first kappa shape index (κ1) is 15.0. The second kappa shape index (κ2) is 6.09. The highest BCUT2D eigenvalue weighted by Crippen LogP contribution is 2.38. The first-order valence-corrected chi connectivity index (χ1v) is 8.15. The van der Waals surface area contributed by atoms with Crippen LogP contribution in [0, 0.1) is 0 Å². The van der Waals surface area contributed by atoms with Gasteiger partial charge in [0.05, 0.1) is 11.6 Å². The molecule has 0 fully saturated rings. The summed E-state index contributed by atoms with van der Waals surface area (Å²) in [6, 6.07) is 8.65. The minimum Gasteiger partial charge on any atom is -0.298 e. The number of aromatic nitrogens is 1. The third-order valence-electron chi connectivity index (χ3n) is 4.78. The zero-order valence-corrected chi connectivity index (χ0v) is 13.5. The summed E-state index contributed by atoms with van der Waals surface area (Å²) in [6.07, 6.45) is 5.11. The Balaban J connectivity index is 2.23. The first-order valence-electron chi connectivity index (χ1n) is 8.15. The molecule has 1 aromatic heterocycles. The molecule has 0 aliphatic carbocycles. The van der Waals surface area contributed by atoms with Crippen LogP contribution in [0.2, 0.25) is 0 Å². The normalized spacial score (nSPS) is 18.4. The fourth-order valence-corrected chi connectivity index (χ4v) is 3.70. The van der Waals surface area contributed by atoms with Crippen molar-refractivity contribution in [3.8, 4) is 0 Å². The molecule has 0 amide bonds. The van der Waals surface area contributed by atoms with E-state index in [1.807, 2.05) is 16.7 Å². The number of para-hydroxylation sites is 1. The van der Waals surface area contributed by atoms with Gasteiger partial charge in [-0.2, -0.15) is 0 Å². The van der Waals surface area contributed by atoms with E-state index >= 15 is 0 Å². The lowest BCUT2D eigenvalue weighted by molar-refractivity contribution is 0.0895. The average molecular weight is 296 g/mol. The van der Waals surface area contributed by atoms with Crippen molar-refractivity contribution in [3.05, 3.63) is 48.2 Å². The topological polar surface area (TPSA) is 25.2 Å². The van der Waals surface area contributed by atoms with Crippen molar-refractivity contribution >= 4 is 16.8 Å². The molecule has 1 aliphatic heterocycles. The lowest BCUT2D eigenvalue weighted by Crippen LogP contribution is -2.34. The number of rotatable bonds is 4. The number of hydrogen-bond acceptors (Lipinski definition) is 2. The summed E-state index contributed by atoms with van der Waals surface area (Å²) < 4.78 is 1.98. The third kappa shape index (κ3) is 2.30. The predicted molar refractivity (Wildman–Crippen MR) is 91.4 cm³/mol. The Labute approximate surface area is 132 Å². The molecule has 116 valence electrons. The molecular formula is C19H24N2O. The summed E-state index contributed by atoms with van der Waals surface area (Å²) >= 11 is 0. The molecular weight excluding hydrogens is 272 g/mol. The minimum absolute atomic E-state index is 0.186. The summed E-state index contributed by atoms with van der Waals surface area (Å²) in [6.45, 7) is 6.99. The van der Waals surface area contributed by atoms with Gasteiger partial charge in [0.1, 0.15) is 0 Å². The maximum absolute atomic E-state index is 12.8. The van der Waals surface area contributed by atoms with Gasteiger partial charge in [-0.15, -0.1) is 6.58 Å². The van der Waals surface area contributed by atoms with Gasteiger partial charge >= 0.3 is 0 Å². The Hall–Kier alpha value is -1.87. The number of hydrogen-bond donors (Lipinski definition) is 0. The summed E-state index contributed by atoms with van der Waals surface area (Å²) in [7, 11) is 2.16. The van der Waals surface area contributed by atoms with E-state index in [-0.39, 0.29) is 5.91 Å². The van der Waals surface area contributed by atoms with Gasteiger partial charge in [0.25, 0.3) is 0 Å². The lowest BCUT2D eigenvalue weighted by atomic mass is 9.96. The Kier molecular flexibility index (Phi) is 4.16. The van der Waals surface area contributed by atoms with E-state index in [1.165, 1.54) is 16.6 Å². The van der Waals surface area contributed by atoms with Crippen LogP contribution in [0.3, 0.4) is 0 Å². The van der Waals surface area contributed by atoms with Crippen molar-refractivity contribution in [2.75, 3.05) is 13.6 Å². The number of allylic oxidation sites excluding steroid dienone is 1. The molecule has 1 unspecified atom stereocenters. The number of fused-ring (bicyclic) bond motifs is 3. The Morgan fingerprint density at radius 1 is 1.41 bits per heavy atom. The fourth-order valence-electron chi connectivity index (χ4n) is 3.70. The quantitative estimate of drug-likeness (QED) is 0.791. The Morgan fingerprint density at radius 3 is 2.91 bits per heavy atom. The van der Waals surface area contributed by atoms with E-state index in [1.54, 1.807) is 0 Å². The number of likely N-dealkylation sites (N-methyl/N-ethyl adjacent to an activating group) is 1. The van der Waals surface area contributed by atoms with Crippen LogP contribution in [-0.4, -0.2) is 29.0 Å². The van der Waals surface area contributed by atoms with Crippen LogP contribution in [-0.2, 0) is 6.42 Å². The minimum atomic E-state index is 0.186. The van der Waals surface area contributed by atoms with Crippen LogP contribution in [0.1, 0.15) is 48.3 Å². The summed E-state index contributed by atoms with van der Waals surface area (Å²) in [5, 5.41) is 1.25. The van der Waals surface area contributed by atoms with Crippen molar-refractivity contribution in [1.82, 2.24) is 9.47 Å². The molecule has 1 atom stereocenters. The second-order valence-corrected chi connectivity index (χ2v) is 6.09. The lowest BCUT2D eigenvalue weighted by Gasteiger charge is -2.33. The molecule has 0 N–H and O–H groups in total. The van der Waals surface area contributed by atoms with E-state index < -0.39 is 0 Å². The van der Waals surface area contributed by atoms with E-state index in [4.69, 9.17) is 0 Å². The number of benzene rings is 1. The SMILES string of the molecule is C=CCCC(=O)n1c2c(c3ccccc31)CCN(C)C2CC. The molecule has 3 rings (SSSR count). The van der Waals surface area contributed by atoms with Crippen molar-refractivity contribution in [2.24, 2.45) is 0 Å². The molecule has 1 aliphatic rings. The summed E-state index contributed by atoms with van der Waals surface area (Å²) in [4.78, 5) is 15.2. The van der Waals surface area contributed by atoms with Crippen molar-refractivity contribution < 1.29 is 4.79 Å². The first-order chi connectivity index (χ1) is 10.7. The van der Waals surface area contributed by atoms with Crippen molar-refractivity contribution in [1.29, 1.82) is 0 Å². The van der Waals surface area contributed by atoms with Gasteiger partial charge in [-0.1, -0.05) is 31.2 Å².